The summed E-state index contributed by atoms with van der Waals surface area (Å²) in [6.45, 7) is 0.890. The standard InChI is InChI=1S/C13H13Br2NOS/c1-16(6-12-4-11(15)8-18-12)13-5-10(14)3-2-9(13)7-17/h2-5,8,17H,6-7H2,1H3. The van der Waals surface area contributed by atoms with Gasteiger partial charge in [0.2, 0.25) is 0 Å². The minimum absolute atomic E-state index is 0.0566. The number of anilines is 1. The molecule has 0 saturated heterocycles. The van der Waals surface area contributed by atoms with E-state index in [1.54, 1.807) is 11.3 Å². The van der Waals surface area contributed by atoms with Gasteiger partial charge in [0, 0.05) is 37.5 Å². The first-order chi connectivity index (χ1) is 8.60. The predicted octanol–water partition coefficient (Wildman–Crippen LogP) is 4.40. The Morgan fingerprint density at radius 2 is 2.00 bits per heavy atom. The average Bonchev–Trinajstić information content (AvgIpc) is 2.74. The van der Waals surface area contributed by atoms with Crippen LogP contribution in [0.5, 0.6) is 0 Å². The molecule has 0 aliphatic carbocycles. The summed E-state index contributed by atoms with van der Waals surface area (Å²) in [5.41, 5.74) is 1.99. The Morgan fingerprint density at radius 1 is 1.22 bits per heavy atom. The largest absolute Gasteiger partial charge is 0.392 e. The van der Waals surface area contributed by atoms with Crippen LogP contribution < -0.4 is 4.90 Å². The zero-order chi connectivity index (χ0) is 13.1. The van der Waals surface area contributed by atoms with E-state index in [9.17, 15) is 5.11 Å². The molecule has 1 N–H and O–H groups in total. The van der Waals surface area contributed by atoms with Gasteiger partial charge in [-0.05, 0) is 34.1 Å². The van der Waals surface area contributed by atoms with Crippen molar-refractivity contribution in [1.29, 1.82) is 0 Å². The van der Waals surface area contributed by atoms with Crippen molar-refractivity contribution < 1.29 is 5.11 Å². The minimum Gasteiger partial charge on any atom is -0.392 e. The molecule has 2 aromatic rings. The van der Waals surface area contributed by atoms with E-state index >= 15 is 0 Å². The summed E-state index contributed by atoms with van der Waals surface area (Å²) < 4.78 is 2.14. The van der Waals surface area contributed by atoms with Gasteiger partial charge in [0.15, 0.2) is 0 Å². The molecule has 0 unspecified atom stereocenters. The van der Waals surface area contributed by atoms with Crippen molar-refractivity contribution in [2.45, 2.75) is 13.2 Å². The molecule has 2 nitrogen and oxygen atoms in total. The van der Waals surface area contributed by atoms with Crippen LogP contribution in [-0.2, 0) is 13.2 Å². The maximum Gasteiger partial charge on any atom is 0.0702 e. The molecule has 18 heavy (non-hydrogen) atoms. The second-order valence-corrected chi connectivity index (χ2v) is 6.85. The molecule has 1 aromatic carbocycles. The molecular formula is C13H13Br2NOS. The zero-order valence-corrected chi connectivity index (χ0v) is 13.8. The molecule has 0 aliphatic heterocycles. The summed E-state index contributed by atoms with van der Waals surface area (Å²) in [6.07, 6.45) is 0. The van der Waals surface area contributed by atoms with Gasteiger partial charge in [-0.3, -0.25) is 0 Å². The summed E-state index contributed by atoms with van der Waals surface area (Å²) in [5.74, 6) is 0. The molecule has 0 saturated carbocycles. The highest BCUT2D eigenvalue weighted by molar-refractivity contribution is 9.10. The highest BCUT2D eigenvalue weighted by Crippen LogP contribution is 2.27. The summed E-state index contributed by atoms with van der Waals surface area (Å²) in [4.78, 5) is 3.43. The van der Waals surface area contributed by atoms with Gasteiger partial charge in [-0.1, -0.05) is 22.0 Å². The topological polar surface area (TPSA) is 23.5 Å². The van der Waals surface area contributed by atoms with E-state index in [4.69, 9.17) is 0 Å². The fourth-order valence-electron chi connectivity index (χ4n) is 1.78. The Balaban J connectivity index is 2.22. The Labute approximate surface area is 128 Å². The number of rotatable bonds is 4. The smallest absolute Gasteiger partial charge is 0.0702 e. The lowest BCUT2D eigenvalue weighted by Gasteiger charge is -2.21. The van der Waals surface area contributed by atoms with Gasteiger partial charge in [-0.2, -0.15) is 0 Å². The molecule has 5 heteroatoms. The summed E-state index contributed by atoms with van der Waals surface area (Å²) >= 11 is 8.66. The van der Waals surface area contributed by atoms with Crippen LogP contribution in [0.4, 0.5) is 5.69 Å². The van der Waals surface area contributed by atoms with Crippen LogP contribution in [0, 0.1) is 0 Å². The number of aliphatic hydroxyl groups is 1. The number of hydrogen-bond acceptors (Lipinski definition) is 3. The van der Waals surface area contributed by atoms with Crippen LogP contribution in [0.2, 0.25) is 0 Å². The van der Waals surface area contributed by atoms with E-state index in [1.807, 2.05) is 25.2 Å². The SMILES string of the molecule is CN(Cc1cc(Br)cs1)c1cc(Br)ccc1CO. The van der Waals surface area contributed by atoms with Crippen LogP contribution in [0.1, 0.15) is 10.4 Å². The second-order valence-electron chi connectivity index (χ2n) is 4.02. The third-order valence-electron chi connectivity index (χ3n) is 2.64. The molecule has 1 aromatic heterocycles. The highest BCUT2D eigenvalue weighted by atomic mass is 79.9. The van der Waals surface area contributed by atoms with Crippen molar-refractivity contribution in [2.24, 2.45) is 0 Å². The number of nitrogens with zero attached hydrogens (tertiary/aromatic N) is 1. The van der Waals surface area contributed by atoms with E-state index in [-0.39, 0.29) is 6.61 Å². The lowest BCUT2D eigenvalue weighted by atomic mass is 10.1. The van der Waals surface area contributed by atoms with E-state index in [0.29, 0.717) is 0 Å². The molecule has 2 rings (SSSR count). The molecule has 0 bridgehead atoms. The maximum atomic E-state index is 9.38. The van der Waals surface area contributed by atoms with Crippen molar-refractivity contribution in [1.82, 2.24) is 0 Å². The van der Waals surface area contributed by atoms with E-state index in [1.165, 1.54) is 4.88 Å². The molecule has 0 fully saturated rings. The van der Waals surface area contributed by atoms with E-state index in [2.05, 4.69) is 48.2 Å². The molecule has 0 amide bonds. The first kappa shape index (κ1) is 14.1. The quantitative estimate of drug-likeness (QED) is 0.836. The summed E-state index contributed by atoms with van der Waals surface area (Å²) in [6, 6.07) is 8.05. The molecule has 0 spiro atoms. The van der Waals surface area contributed by atoms with Crippen molar-refractivity contribution >= 4 is 48.9 Å². The zero-order valence-electron chi connectivity index (χ0n) is 9.86. The molecule has 96 valence electrons. The van der Waals surface area contributed by atoms with Gasteiger partial charge in [-0.15, -0.1) is 11.3 Å². The lowest BCUT2D eigenvalue weighted by molar-refractivity contribution is 0.282. The lowest BCUT2D eigenvalue weighted by Crippen LogP contribution is -2.17. The van der Waals surface area contributed by atoms with Crippen molar-refractivity contribution in [2.75, 3.05) is 11.9 Å². The van der Waals surface area contributed by atoms with Gasteiger partial charge in [0.25, 0.3) is 0 Å². The fourth-order valence-corrected chi connectivity index (χ4v) is 3.63. The normalized spacial score (nSPS) is 10.7. The van der Waals surface area contributed by atoms with Crippen LogP contribution >= 0.6 is 43.2 Å². The van der Waals surface area contributed by atoms with Crippen molar-refractivity contribution in [3.8, 4) is 0 Å². The van der Waals surface area contributed by atoms with Crippen LogP contribution in [0.3, 0.4) is 0 Å². The molecule has 0 atom stereocenters. The molecule has 1 heterocycles. The second kappa shape index (κ2) is 6.19. The number of hydrogen-bond donors (Lipinski definition) is 1. The molecule has 0 radical (unpaired) electrons. The fraction of sp³-hybridized carbons (Fsp3) is 0.231. The Morgan fingerprint density at radius 3 is 2.61 bits per heavy atom. The van der Waals surface area contributed by atoms with Crippen molar-refractivity contribution in [3.63, 3.8) is 0 Å². The monoisotopic (exact) mass is 389 g/mol. The van der Waals surface area contributed by atoms with Gasteiger partial charge in [0.05, 0.1) is 13.2 Å². The number of halogens is 2. The van der Waals surface area contributed by atoms with Crippen LogP contribution in [0.15, 0.2) is 38.6 Å². The first-order valence-electron chi connectivity index (χ1n) is 5.43. The van der Waals surface area contributed by atoms with Crippen molar-refractivity contribution in [3.05, 3.63) is 49.0 Å². The predicted molar refractivity (Wildman–Crippen MR) is 84.2 cm³/mol. The van der Waals surface area contributed by atoms with Gasteiger partial charge >= 0.3 is 0 Å². The third-order valence-corrected chi connectivity index (χ3v) is 4.82. The maximum absolute atomic E-state index is 9.38. The van der Waals surface area contributed by atoms with Gasteiger partial charge < -0.3 is 10.0 Å². The van der Waals surface area contributed by atoms with E-state index < -0.39 is 0 Å². The molecule has 0 aliphatic rings. The Bertz CT molecular complexity index is 542. The van der Waals surface area contributed by atoms with Crippen LogP contribution in [-0.4, -0.2) is 12.2 Å². The van der Waals surface area contributed by atoms with E-state index in [0.717, 1.165) is 26.7 Å². The Hall–Kier alpha value is -0.360. The van der Waals surface area contributed by atoms with Crippen LogP contribution in [0.25, 0.3) is 0 Å². The Kier molecular flexibility index (Phi) is 4.84. The number of benzene rings is 1. The van der Waals surface area contributed by atoms with Gasteiger partial charge in [0.1, 0.15) is 0 Å². The first-order valence-corrected chi connectivity index (χ1v) is 7.90. The number of aliphatic hydroxyl groups excluding tert-OH is 1. The summed E-state index contributed by atoms with van der Waals surface area (Å²) in [7, 11) is 2.04. The highest BCUT2D eigenvalue weighted by Gasteiger charge is 2.09. The van der Waals surface area contributed by atoms with Gasteiger partial charge in [-0.25, -0.2) is 0 Å². The third kappa shape index (κ3) is 3.35. The summed E-state index contributed by atoms with van der Waals surface area (Å²) in [5, 5.41) is 11.5. The number of thiophene rings is 1. The molecular weight excluding hydrogens is 378 g/mol. The minimum atomic E-state index is 0.0566. The average molecular weight is 391 g/mol.